The lowest BCUT2D eigenvalue weighted by atomic mass is 10.1. The summed E-state index contributed by atoms with van der Waals surface area (Å²) >= 11 is 0. The molecule has 2 amide bonds. The highest BCUT2D eigenvalue weighted by molar-refractivity contribution is 5.92. The van der Waals surface area contributed by atoms with Crippen molar-refractivity contribution >= 4 is 23.7 Å². The largest absolute Gasteiger partial charge is 0.456 e. The Kier molecular flexibility index (Phi) is 7.42. The third-order valence-corrected chi connectivity index (χ3v) is 3.15. The number of hydrogen-bond donors (Lipinski definition) is 2. The van der Waals surface area contributed by atoms with Crippen LogP contribution in [0.1, 0.15) is 38.3 Å². The van der Waals surface area contributed by atoms with Crippen molar-refractivity contribution in [2.24, 2.45) is 0 Å². The lowest BCUT2D eigenvalue weighted by molar-refractivity contribution is -0.147. The number of anilines is 1. The molecule has 0 unspecified atom stereocenters. The molecule has 1 rings (SSSR count). The summed E-state index contributed by atoms with van der Waals surface area (Å²) in [5.74, 6) is -0.997. The van der Waals surface area contributed by atoms with Gasteiger partial charge in [-0.3, -0.25) is 9.59 Å². The van der Waals surface area contributed by atoms with E-state index in [1.54, 1.807) is 26.8 Å². The summed E-state index contributed by atoms with van der Waals surface area (Å²) in [5.41, 5.74) is 2.23. The van der Waals surface area contributed by atoms with Crippen molar-refractivity contribution in [3.8, 4) is 0 Å². The number of aryl methyl sites for hydroxylation is 2. The second-order valence-corrected chi connectivity index (χ2v) is 6.69. The molecule has 1 aromatic carbocycles. The Balaban J connectivity index is 2.26. The fourth-order valence-corrected chi connectivity index (χ4v) is 1.82. The molecular weight excluding hydrogens is 324 g/mol. The maximum Gasteiger partial charge on any atom is 0.407 e. The Labute approximate surface area is 148 Å². The van der Waals surface area contributed by atoms with Crippen molar-refractivity contribution in [2.45, 2.75) is 46.6 Å². The van der Waals surface area contributed by atoms with Gasteiger partial charge in [-0.2, -0.15) is 0 Å². The first kappa shape index (κ1) is 20.5. The van der Waals surface area contributed by atoms with Gasteiger partial charge in [-0.1, -0.05) is 6.07 Å². The highest BCUT2D eigenvalue weighted by Crippen LogP contribution is 2.14. The average molecular weight is 350 g/mol. The normalized spacial score (nSPS) is 10.8. The number of carbonyl (C=O) groups excluding carboxylic acids is 3. The van der Waals surface area contributed by atoms with Crippen molar-refractivity contribution in [1.29, 1.82) is 0 Å². The van der Waals surface area contributed by atoms with Gasteiger partial charge in [0.15, 0.2) is 6.61 Å². The summed E-state index contributed by atoms with van der Waals surface area (Å²) < 4.78 is 9.91. The first-order valence-electron chi connectivity index (χ1n) is 8.06. The fraction of sp³-hybridized carbons (Fsp3) is 0.500. The third-order valence-electron chi connectivity index (χ3n) is 3.15. The van der Waals surface area contributed by atoms with E-state index in [-0.39, 0.29) is 19.6 Å². The quantitative estimate of drug-likeness (QED) is 0.769. The summed E-state index contributed by atoms with van der Waals surface area (Å²) in [6, 6.07) is 5.53. The highest BCUT2D eigenvalue weighted by atomic mass is 16.6. The predicted octanol–water partition coefficient (Wildman–Crippen LogP) is 2.70. The van der Waals surface area contributed by atoms with E-state index in [2.05, 4.69) is 10.6 Å². The predicted molar refractivity (Wildman–Crippen MR) is 94.4 cm³/mol. The van der Waals surface area contributed by atoms with Gasteiger partial charge in [-0.25, -0.2) is 4.79 Å². The zero-order valence-corrected chi connectivity index (χ0v) is 15.4. The lowest BCUT2D eigenvalue weighted by Gasteiger charge is -2.19. The van der Waals surface area contributed by atoms with Gasteiger partial charge in [0.2, 0.25) is 0 Å². The molecular formula is C18H26N2O5. The topological polar surface area (TPSA) is 93.7 Å². The molecule has 0 bridgehead atoms. The zero-order chi connectivity index (χ0) is 19.0. The number of rotatable bonds is 6. The molecule has 0 aliphatic rings. The van der Waals surface area contributed by atoms with Gasteiger partial charge >= 0.3 is 12.1 Å². The number of esters is 1. The van der Waals surface area contributed by atoms with Crippen LogP contribution < -0.4 is 10.6 Å². The Morgan fingerprint density at radius 2 is 1.76 bits per heavy atom. The number of alkyl carbamates (subject to hydrolysis) is 1. The number of carbonyl (C=O) groups is 3. The van der Waals surface area contributed by atoms with Crippen molar-refractivity contribution in [3.63, 3.8) is 0 Å². The van der Waals surface area contributed by atoms with E-state index in [1.165, 1.54) is 0 Å². The van der Waals surface area contributed by atoms with Gasteiger partial charge in [0.25, 0.3) is 5.91 Å². The molecule has 0 heterocycles. The minimum atomic E-state index is -0.604. The molecule has 0 fully saturated rings. The van der Waals surface area contributed by atoms with Gasteiger partial charge in [0.05, 0.1) is 6.42 Å². The molecule has 1 aromatic rings. The van der Waals surface area contributed by atoms with E-state index in [1.807, 2.05) is 26.0 Å². The third kappa shape index (κ3) is 8.74. The zero-order valence-electron chi connectivity index (χ0n) is 15.4. The number of nitrogens with one attached hydrogen (secondary N) is 2. The van der Waals surface area contributed by atoms with E-state index in [0.29, 0.717) is 5.69 Å². The Morgan fingerprint density at radius 3 is 2.36 bits per heavy atom. The van der Waals surface area contributed by atoms with Crippen molar-refractivity contribution in [2.75, 3.05) is 18.5 Å². The summed E-state index contributed by atoms with van der Waals surface area (Å²) in [6.07, 6.45) is -0.649. The summed E-state index contributed by atoms with van der Waals surface area (Å²) in [4.78, 5) is 34.8. The maximum absolute atomic E-state index is 11.8. The van der Waals surface area contributed by atoms with Gasteiger partial charge < -0.3 is 20.1 Å². The van der Waals surface area contributed by atoms with Crippen LogP contribution in [0.5, 0.6) is 0 Å². The number of benzene rings is 1. The van der Waals surface area contributed by atoms with Gasteiger partial charge in [-0.15, -0.1) is 0 Å². The molecule has 2 N–H and O–H groups in total. The summed E-state index contributed by atoms with van der Waals surface area (Å²) in [5, 5.41) is 5.11. The molecule has 7 heteroatoms. The van der Waals surface area contributed by atoms with E-state index in [9.17, 15) is 14.4 Å². The van der Waals surface area contributed by atoms with Gasteiger partial charge in [0, 0.05) is 12.2 Å². The summed E-state index contributed by atoms with van der Waals surface area (Å²) in [7, 11) is 0. The average Bonchev–Trinajstić information content (AvgIpc) is 2.47. The van der Waals surface area contributed by atoms with Crippen molar-refractivity contribution in [3.05, 3.63) is 29.3 Å². The van der Waals surface area contributed by atoms with E-state index in [0.717, 1.165) is 11.1 Å². The molecule has 0 aliphatic heterocycles. The molecule has 0 aliphatic carbocycles. The van der Waals surface area contributed by atoms with Crippen LogP contribution in [-0.2, 0) is 19.1 Å². The Bertz CT molecular complexity index is 635. The second-order valence-electron chi connectivity index (χ2n) is 6.69. The van der Waals surface area contributed by atoms with E-state index >= 15 is 0 Å². The van der Waals surface area contributed by atoms with Crippen LogP contribution in [0, 0.1) is 13.8 Å². The highest BCUT2D eigenvalue weighted by Gasteiger charge is 2.16. The van der Waals surface area contributed by atoms with Crippen molar-refractivity contribution < 1.29 is 23.9 Å². The first-order chi connectivity index (χ1) is 11.6. The molecule has 25 heavy (non-hydrogen) atoms. The Hall–Kier alpha value is -2.57. The fourth-order valence-electron chi connectivity index (χ4n) is 1.82. The Morgan fingerprint density at radius 1 is 1.08 bits per heavy atom. The summed E-state index contributed by atoms with van der Waals surface area (Å²) in [6.45, 7) is 8.86. The standard InChI is InChI=1S/C18H26N2O5/c1-12-6-7-14(10-13(12)2)20-15(21)11-24-16(22)8-9-19-17(23)25-18(3,4)5/h6-7,10H,8-9,11H2,1-5H3,(H,19,23)(H,20,21). The number of ether oxygens (including phenoxy) is 2. The van der Waals surface area contributed by atoms with Gasteiger partial charge in [0.1, 0.15) is 5.60 Å². The van der Waals surface area contributed by atoms with Crippen LogP contribution in [0.3, 0.4) is 0 Å². The van der Waals surface area contributed by atoms with Crippen LogP contribution in [0.25, 0.3) is 0 Å². The van der Waals surface area contributed by atoms with Gasteiger partial charge in [-0.05, 0) is 57.9 Å². The van der Waals surface area contributed by atoms with E-state index < -0.39 is 23.6 Å². The smallest absolute Gasteiger partial charge is 0.407 e. The minimum absolute atomic E-state index is 0.0455. The molecule has 0 spiro atoms. The van der Waals surface area contributed by atoms with Crippen LogP contribution in [-0.4, -0.2) is 36.7 Å². The van der Waals surface area contributed by atoms with Crippen LogP contribution in [0.4, 0.5) is 10.5 Å². The van der Waals surface area contributed by atoms with Crippen molar-refractivity contribution in [1.82, 2.24) is 5.32 Å². The van der Waals surface area contributed by atoms with Crippen LogP contribution >= 0.6 is 0 Å². The molecule has 138 valence electrons. The SMILES string of the molecule is Cc1ccc(NC(=O)COC(=O)CCNC(=O)OC(C)(C)C)cc1C. The maximum atomic E-state index is 11.8. The molecule has 0 aromatic heterocycles. The second kappa shape index (κ2) is 9.05. The van der Waals surface area contributed by atoms with Crippen LogP contribution in [0.2, 0.25) is 0 Å². The number of amides is 2. The molecule has 0 saturated carbocycles. The molecule has 7 nitrogen and oxygen atoms in total. The van der Waals surface area contributed by atoms with E-state index in [4.69, 9.17) is 9.47 Å². The molecule has 0 atom stereocenters. The number of hydrogen-bond acceptors (Lipinski definition) is 5. The molecule has 0 radical (unpaired) electrons. The van der Waals surface area contributed by atoms with Crippen LogP contribution in [0.15, 0.2) is 18.2 Å². The molecule has 0 saturated heterocycles. The first-order valence-corrected chi connectivity index (χ1v) is 8.06. The minimum Gasteiger partial charge on any atom is -0.456 e. The lowest BCUT2D eigenvalue weighted by Crippen LogP contribution is -2.34. The monoisotopic (exact) mass is 350 g/mol.